The van der Waals surface area contributed by atoms with Crippen molar-refractivity contribution in [2.75, 3.05) is 32.4 Å². The molecule has 0 unspecified atom stereocenters. The number of nitrogens with zero attached hydrogens (tertiary/aromatic N) is 4. The molecule has 0 aromatic rings. The van der Waals surface area contributed by atoms with E-state index in [4.69, 9.17) is 5.26 Å². The van der Waals surface area contributed by atoms with Crippen molar-refractivity contribution in [1.29, 1.82) is 5.26 Å². The Labute approximate surface area is 108 Å². The fourth-order valence-electron chi connectivity index (χ4n) is 2.84. The van der Waals surface area contributed by atoms with Crippen LogP contribution in [-0.2, 0) is 0 Å². The highest BCUT2D eigenvalue weighted by molar-refractivity contribution is 8.13. The number of amidine groups is 1. The van der Waals surface area contributed by atoms with Gasteiger partial charge in [0, 0.05) is 32.2 Å². The number of rotatable bonds is 1. The fraction of sp³-hybridized carbons (Fsp3) is 0.833. The molecule has 0 aromatic heterocycles. The van der Waals surface area contributed by atoms with E-state index in [1.165, 1.54) is 25.7 Å². The van der Waals surface area contributed by atoms with E-state index in [-0.39, 0.29) is 0 Å². The summed E-state index contributed by atoms with van der Waals surface area (Å²) >= 11 is 1.57. The Morgan fingerprint density at radius 1 is 1.24 bits per heavy atom. The first kappa shape index (κ1) is 12.7. The van der Waals surface area contributed by atoms with Crippen molar-refractivity contribution >= 4 is 16.9 Å². The van der Waals surface area contributed by atoms with E-state index >= 15 is 0 Å². The van der Waals surface area contributed by atoms with Gasteiger partial charge in [0.15, 0.2) is 5.17 Å². The quantitative estimate of drug-likeness (QED) is 0.405. The maximum atomic E-state index is 8.64. The topological polar surface area (TPSA) is 42.6 Å². The standard InChI is InChI=1S/C12H20N4S/c1-17-12(14-10-13)16-8-6-15(7-9-16)11-4-2-3-5-11/h11H,2-9H2,1H3. The van der Waals surface area contributed by atoms with Gasteiger partial charge in [-0.3, -0.25) is 4.90 Å². The predicted octanol–water partition coefficient (Wildman–Crippen LogP) is 1.75. The molecule has 17 heavy (non-hydrogen) atoms. The van der Waals surface area contributed by atoms with Crippen LogP contribution in [-0.4, -0.2) is 53.4 Å². The third-order valence-corrected chi connectivity index (χ3v) is 4.47. The lowest BCUT2D eigenvalue weighted by atomic mass is 10.2. The summed E-state index contributed by atoms with van der Waals surface area (Å²) in [6.07, 6.45) is 9.43. The van der Waals surface area contributed by atoms with Crippen LogP contribution in [0, 0.1) is 11.5 Å². The largest absolute Gasteiger partial charge is 0.348 e. The number of aliphatic imine (C=N–C) groups is 1. The molecular weight excluding hydrogens is 232 g/mol. The van der Waals surface area contributed by atoms with Crippen LogP contribution in [0.1, 0.15) is 25.7 Å². The summed E-state index contributed by atoms with van der Waals surface area (Å²) in [6, 6.07) is 0.822. The summed E-state index contributed by atoms with van der Waals surface area (Å²) in [6.45, 7) is 4.26. The Bertz CT molecular complexity index is 309. The van der Waals surface area contributed by atoms with Gasteiger partial charge in [-0.15, -0.1) is 4.99 Å². The molecular formula is C12H20N4S. The van der Waals surface area contributed by atoms with E-state index in [1.807, 2.05) is 12.4 Å². The van der Waals surface area contributed by atoms with Crippen molar-refractivity contribution < 1.29 is 0 Å². The zero-order valence-corrected chi connectivity index (χ0v) is 11.2. The van der Waals surface area contributed by atoms with Gasteiger partial charge >= 0.3 is 0 Å². The highest BCUT2D eigenvalue weighted by Gasteiger charge is 2.26. The summed E-state index contributed by atoms with van der Waals surface area (Å²) < 4.78 is 0. The number of thioether (sulfide) groups is 1. The van der Waals surface area contributed by atoms with Gasteiger partial charge in [-0.2, -0.15) is 5.26 Å². The van der Waals surface area contributed by atoms with Crippen molar-refractivity contribution in [3.8, 4) is 6.19 Å². The van der Waals surface area contributed by atoms with Gasteiger partial charge in [0.2, 0.25) is 6.19 Å². The second kappa shape index (κ2) is 6.27. The number of nitriles is 1. The second-order valence-corrected chi connectivity index (χ2v) is 5.43. The average Bonchev–Trinajstić information content (AvgIpc) is 2.90. The molecule has 2 aliphatic rings. The molecule has 1 aliphatic heterocycles. The van der Waals surface area contributed by atoms with Gasteiger partial charge in [0.05, 0.1) is 0 Å². The van der Waals surface area contributed by atoms with E-state index in [0.717, 1.165) is 37.4 Å². The van der Waals surface area contributed by atoms with Gasteiger partial charge in [-0.25, -0.2) is 0 Å². The molecule has 4 nitrogen and oxygen atoms in total. The van der Waals surface area contributed by atoms with Crippen LogP contribution in [0.3, 0.4) is 0 Å². The maximum absolute atomic E-state index is 8.64. The third-order valence-electron chi connectivity index (χ3n) is 3.75. The predicted molar refractivity (Wildman–Crippen MR) is 72.0 cm³/mol. The Morgan fingerprint density at radius 2 is 1.88 bits per heavy atom. The van der Waals surface area contributed by atoms with Crippen molar-refractivity contribution in [2.45, 2.75) is 31.7 Å². The molecule has 1 saturated carbocycles. The van der Waals surface area contributed by atoms with Crippen LogP contribution < -0.4 is 0 Å². The first-order chi connectivity index (χ1) is 8.35. The summed E-state index contributed by atoms with van der Waals surface area (Å²) in [5.41, 5.74) is 0. The molecule has 1 aliphatic carbocycles. The van der Waals surface area contributed by atoms with Crippen LogP contribution in [0.2, 0.25) is 0 Å². The van der Waals surface area contributed by atoms with Crippen LogP contribution >= 0.6 is 11.8 Å². The molecule has 0 amide bonds. The fourth-order valence-corrected chi connectivity index (χ4v) is 3.41. The highest BCUT2D eigenvalue weighted by atomic mass is 32.2. The second-order valence-electron chi connectivity index (χ2n) is 4.66. The van der Waals surface area contributed by atoms with Crippen LogP contribution in [0.5, 0.6) is 0 Å². The number of hydrogen-bond donors (Lipinski definition) is 0. The zero-order chi connectivity index (χ0) is 12.1. The van der Waals surface area contributed by atoms with Gasteiger partial charge in [0.1, 0.15) is 0 Å². The highest BCUT2D eigenvalue weighted by Crippen LogP contribution is 2.24. The van der Waals surface area contributed by atoms with Crippen molar-refractivity contribution in [3.05, 3.63) is 0 Å². The van der Waals surface area contributed by atoms with Gasteiger partial charge in [0.25, 0.3) is 0 Å². The summed E-state index contributed by atoms with van der Waals surface area (Å²) in [4.78, 5) is 8.74. The van der Waals surface area contributed by atoms with Crippen molar-refractivity contribution in [3.63, 3.8) is 0 Å². The molecule has 1 saturated heterocycles. The summed E-state index contributed by atoms with van der Waals surface area (Å²) in [7, 11) is 0. The Hall–Kier alpha value is -0.730. The Morgan fingerprint density at radius 3 is 2.41 bits per heavy atom. The minimum absolute atomic E-state index is 0.822. The van der Waals surface area contributed by atoms with Crippen molar-refractivity contribution in [2.24, 2.45) is 4.99 Å². The van der Waals surface area contributed by atoms with E-state index < -0.39 is 0 Å². The molecule has 2 rings (SSSR count). The molecule has 0 atom stereocenters. The van der Waals surface area contributed by atoms with E-state index in [1.54, 1.807) is 11.8 Å². The lowest BCUT2D eigenvalue weighted by molar-refractivity contribution is 0.135. The summed E-state index contributed by atoms with van der Waals surface area (Å²) in [5, 5.41) is 9.51. The Kier molecular flexibility index (Phi) is 4.69. The minimum Gasteiger partial charge on any atom is -0.348 e. The normalized spacial score (nSPS) is 24.0. The first-order valence-corrected chi connectivity index (χ1v) is 7.57. The SMILES string of the molecule is CSC(=NC#N)N1CCN(C2CCCC2)CC1. The molecule has 5 heteroatoms. The Balaban J connectivity index is 1.85. The van der Waals surface area contributed by atoms with Crippen LogP contribution in [0.25, 0.3) is 0 Å². The molecule has 0 bridgehead atoms. The molecule has 0 spiro atoms. The molecule has 0 aromatic carbocycles. The van der Waals surface area contributed by atoms with Crippen LogP contribution in [0.15, 0.2) is 4.99 Å². The van der Waals surface area contributed by atoms with Crippen molar-refractivity contribution in [1.82, 2.24) is 9.80 Å². The lowest BCUT2D eigenvalue weighted by Crippen LogP contribution is -2.50. The molecule has 0 N–H and O–H groups in total. The van der Waals surface area contributed by atoms with Gasteiger partial charge < -0.3 is 4.90 Å². The third kappa shape index (κ3) is 3.14. The average molecular weight is 252 g/mol. The summed E-state index contributed by atoms with van der Waals surface area (Å²) in [5.74, 6) is 0. The van der Waals surface area contributed by atoms with Crippen LogP contribution in [0.4, 0.5) is 0 Å². The molecule has 1 heterocycles. The smallest absolute Gasteiger partial charge is 0.208 e. The molecule has 0 radical (unpaired) electrons. The monoisotopic (exact) mass is 252 g/mol. The maximum Gasteiger partial charge on any atom is 0.208 e. The first-order valence-electron chi connectivity index (χ1n) is 6.35. The molecule has 2 fully saturated rings. The number of piperazine rings is 1. The minimum atomic E-state index is 0.822. The molecule has 94 valence electrons. The zero-order valence-electron chi connectivity index (χ0n) is 10.4. The van der Waals surface area contributed by atoms with Gasteiger partial charge in [-0.05, 0) is 19.1 Å². The lowest BCUT2D eigenvalue weighted by Gasteiger charge is -2.38. The van der Waals surface area contributed by atoms with E-state index in [2.05, 4.69) is 14.8 Å². The van der Waals surface area contributed by atoms with Gasteiger partial charge in [-0.1, -0.05) is 24.6 Å². The number of hydrogen-bond acceptors (Lipinski definition) is 4. The van der Waals surface area contributed by atoms with E-state index in [9.17, 15) is 0 Å². The van der Waals surface area contributed by atoms with E-state index in [0.29, 0.717) is 0 Å².